The Balaban J connectivity index is 0.00000144. The van der Waals surface area contributed by atoms with Crippen molar-refractivity contribution < 1.29 is 4.74 Å². The largest absolute Gasteiger partial charge is 0.384 e. The van der Waals surface area contributed by atoms with Crippen molar-refractivity contribution in [2.24, 2.45) is 5.73 Å². The number of benzene rings is 1. The summed E-state index contributed by atoms with van der Waals surface area (Å²) in [6.07, 6.45) is 0. The van der Waals surface area contributed by atoms with E-state index in [4.69, 9.17) is 15.9 Å². The Morgan fingerprint density at radius 2 is 2.23 bits per heavy atom. The van der Waals surface area contributed by atoms with Gasteiger partial charge in [0.15, 0.2) is 0 Å². The molecule has 4 heteroatoms. The first-order valence-electron chi connectivity index (χ1n) is 3.66. The van der Waals surface area contributed by atoms with Gasteiger partial charge >= 0.3 is 0 Å². The van der Waals surface area contributed by atoms with Gasteiger partial charge in [-0.15, -0.1) is 12.4 Å². The van der Waals surface area contributed by atoms with E-state index in [0.29, 0.717) is 6.61 Å². The van der Waals surface area contributed by atoms with Crippen LogP contribution in [0.25, 0.3) is 0 Å². The lowest BCUT2D eigenvalue weighted by Crippen LogP contribution is -2.11. The zero-order chi connectivity index (χ0) is 8.97. The predicted octanol–water partition coefficient (Wildman–Crippen LogP) is 1.54. The summed E-state index contributed by atoms with van der Waals surface area (Å²) in [4.78, 5) is 0. The van der Waals surface area contributed by atoms with Gasteiger partial charge in [0.05, 0.1) is 6.61 Å². The van der Waals surface area contributed by atoms with E-state index >= 15 is 0 Å². The van der Waals surface area contributed by atoms with Crippen molar-refractivity contribution in [2.75, 3.05) is 7.11 Å². The van der Waals surface area contributed by atoms with Crippen LogP contribution in [0, 0.1) is 5.41 Å². The van der Waals surface area contributed by atoms with Gasteiger partial charge in [-0.25, -0.2) is 0 Å². The highest BCUT2D eigenvalue weighted by Crippen LogP contribution is 2.05. The quantitative estimate of drug-likeness (QED) is 0.575. The lowest BCUT2D eigenvalue weighted by atomic mass is 10.1. The molecule has 0 heterocycles. The number of nitrogen functional groups attached to an aromatic ring is 1. The molecule has 0 fully saturated rings. The van der Waals surface area contributed by atoms with E-state index in [1.807, 2.05) is 24.3 Å². The van der Waals surface area contributed by atoms with E-state index in [2.05, 4.69) is 0 Å². The van der Waals surface area contributed by atoms with Crippen LogP contribution >= 0.6 is 12.4 Å². The number of hydrogen-bond acceptors (Lipinski definition) is 2. The summed E-state index contributed by atoms with van der Waals surface area (Å²) in [5, 5.41) is 7.20. The fourth-order valence-electron chi connectivity index (χ4n) is 0.995. The molecule has 1 aromatic carbocycles. The molecule has 0 saturated carbocycles. The number of nitrogens with one attached hydrogen (secondary N) is 1. The van der Waals surface area contributed by atoms with Crippen molar-refractivity contribution in [2.45, 2.75) is 6.61 Å². The van der Waals surface area contributed by atoms with Crippen molar-refractivity contribution in [1.82, 2.24) is 0 Å². The van der Waals surface area contributed by atoms with Crippen LogP contribution in [-0.2, 0) is 11.3 Å². The number of nitrogens with two attached hydrogens (primary N) is 1. The van der Waals surface area contributed by atoms with E-state index in [1.165, 1.54) is 0 Å². The maximum absolute atomic E-state index is 7.20. The molecule has 1 aromatic rings. The van der Waals surface area contributed by atoms with Gasteiger partial charge in [0.1, 0.15) is 5.84 Å². The van der Waals surface area contributed by atoms with Crippen LogP contribution in [-0.4, -0.2) is 12.9 Å². The molecule has 72 valence electrons. The summed E-state index contributed by atoms with van der Waals surface area (Å²) < 4.78 is 4.95. The first-order valence-corrected chi connectivity index (χ1v) is 3.66. The molecular weight excluding hydrogens is 188 g/mol. The van der Waals surface area contributed by atoms with Crippen LogP contribution in [0.4, 0.5) is 0 Å². The van der Waals surface area contributed by atoms with E-state index in [9.17, 15) is 0 Å². The third-order valence-corrected chi connectivity index (χ3v) is 1.55. The van der Waals surface area contributed by atoms with Crippen molar-refractivity contribution in [3.8, 4) is 0 Å². The molecule has 0 amide bonds. The Hall–Kier alpha value is -1.06. The molecular formula is C9H13ClN2O. The molecule has 0 aromatic heterocycles. The predicted molar refractivity (Wildman–Crippen MR) is 55.4 cm³/mol. The average Bonchev–Trinajstić information content (AvgIpc) is 2.05. The van der Waals surface area contributed by atoms with E-state index in [1.54, 1.807) is 7.11 Å². The van der Waals surface area contributed by atoms with Crippen molar-refractivity contribution >= 4 is 18.2 Å². The Bertz CT molecular complexity index is 289. The standard InChI is InChI=1S/C9H12N2O.ClH/c1-12-6-7-3-2-4-8(5-7)9(10)11;/h2-5H,6H2,1H3,(H3,10,11);1H. The van der Waals surface area contributed by atoms with Gasteiger partial charge in [0.25, 0.3) is 0 Å². The molecule has 0 atom stereocenters. The summed E-state index contributed by atoms with van der Waals surface area (Å²) in [6, 6.07) is 7.47. The number of ether oxygens (including phenoxy) is 1. The van der Waals surface area contributed by atoms with Gasteiger partial charge < -0.3 is 10.5 Å². The minimum Gasteiger partial charge on any atom is -0.384 e. The average molecular weight is 201 g/mol. The van der Waals surface area contributed by atoms with E-state index in [0.717, 1.165) is 11.1 Å². The lowest BCUT2D eigenvalue weighted by molar-refractivity contribution is 0.185. The normalized spacial score (nSPS) is 9.00. The fourth-order valence-corrected chi connectivity index (χ4v) is 0.995. The molecule has 13 heavy (non-hydrogen) atoms. The summed E-state index contributed by atoms with van der Waals surface area (Å²) in [6.45, 7) is 0.557. The second-order valence-corrected chi connectivity index (χ2v) is 2.55. The highest BCUT2D eigenvalue weighted by molar-refractivity contribution is 5.95. The van der Waals surface area contributed by atoms with Crippen LogP contribution in [0.3, 0.4) is 0 Å². The number of halogens is 1. The molecule has 1 rings (SSSR count). The highest BCUT2D eigenvalue weighted by Gasteiger charge is 1.96. The highest BCUT2D eigenvalue weighted by atomic mass is 35.5. The third-order valence-electron chi connectivity index (χ3n) is 1.55. The molecule has 0 aliphatic rings. The minimum absolute atomic E-state index is 0. The minimum atomic E-state index is 0. The maximum Gasteiger partial charge on any atom is 0.122 e. The van der Waals surface area contributed by atoms with E-state index in [-0.39, 0.29) is 18.2 Å². The number of methoxy groups -OCH3 is 1. The Kier molecular flexibility index (Phi) is 5.11. The molecule has 0 aliphatic carbocycles. The van der Waals surface area contributed by atoms with Gasteiger partial charge in [-0.1, -0.05) is 18.2 Å². The first kappa shape index (κ1) is 11.9. The van der Waals surface area contributed by atoms with E-state index < -0.39 is 0 Å². The molecule has 3 nitrogen and oxygen atoms in total. The van der Waals surface area contributed by atoms with Crippen molar-refractivity contribution in [3.05, 3.63) is 35.4 Å². The molecule has 0 saturated heterocycles. The molecule has 3 N–H and O–H groups in total. The van der Waals surface area contributed by atoms with Gasteiger partial charge in [-0.3, -0.25) is 5.41 Å². The summed E-state index contributed by atoms with van der Waals surface area (Å²) in [5.41, 5.74) is 7.09. The van der Waals surface area contributed by atoms with Gasteiger partial charge in [-0.05, 0) is 11.6 Å². The second kappa shape index (κ2) is 5.56. The monoisotopic (exact) mass is 200 g/mol. The Morgan fingerprint density at radius 1 is 1.54 bits per heavy atom. The lowest BCUT2D eigenvalue weighted by Gasteiger charge is -2.01. The number of rotatable bonds is 3. The Morgan fingerprint density at radius 3 is 2.77 bits per heavy atom. The topological polar surface area (TPSA) is 59.1 Å². The summed E-state index contributed by atoms with van der Waals surface area (Å²) in [7, 11) is 1.64. The van der Waals surface area contributed by atoms with Crippen LogP contribution < -0.4 is 5.73 Å². The number of amidine groups is 1. The molecule has 0 spiro atoms. The second-order valence-electron chi connectivity index (χ2n) is 2.55. The van der Waals surface area contributed by atoms with Gasteiger partial charge in [0.2, 0.25) is 0 Å². The SMILES string of the molecule is COCc1cccc(C(=N)N)c1.Cl. The zero-order valence-corrected chi connectivity index (χ0v) is 8.23. The summed E-state index contributed by atoms with van der Waals surface area (Å²) >= 11 is 0. The summed E-state index contributed by atoms with van der Waals surface area (Å²) in [5.74, 6) is 0.0907. The van der Waals surface area contributed by atoms with Crippen molar-refractivity contribution in [1.29, 1.82) is 5.41 Å². The fraction of sp³-hybridized carbons (Fsp3) is 0.222. The van der Waals surface area contributed by atoms with Crippen LogP contribution in [0.1, 0.15) is 11.1 Å². The first-order chi connectivity index (χ1) is 5.74. The Labute approximate surface area is 83.8 Å². The van der Waals surface area contributed by atoms with Gasteiger partial charge in [-0.2, -0.15) is 0 Å². The maximum atomic E-state index is 7.20. The van der Waals surface area contributed by atoms with Gasteiger partial charge in [0, 0.05) is 12.7 Å². The van der Waals surface area contributed by atoms with Crippen LogP contribution in [0.15, 0.2) is 24.3 Å². The van der Waals surface area contributed by atoms with Crippen LogP contribution in [0.2, 0.25) is 0 Å². The van der Waals surface area contributed by atoms with Crippen LogP contribution in [0.5, 0.6) is 0 Å². The zero-order valence-electron chi connectivity index (χ0n) is 7.41. The number of hydrogen-bond donors (Lipinski definition) is 2. The molecule has 0 radical (unpaired) electrons. The molecule has 0 bridgehead atoms. The molecule has 0 unspecified atom stereocenters. The smallest absolute Gasteiger partial charge is 0.122 e. The van der Waals surface area contributed by atoms with Crippen molar-refractivity contribution in [3.63, 3.8) is 0 Å². The third kappa shape index (κ3) is 3.44. The molecule has 0 aliphatic heterocycles.